The first-order chi connectivity index (χ1) is 28.8. The molecule has 272 valence electrons. The lowest BCUT2D eigenvalue weighted by atomic mass is 9.68. The van der Waals surface area contributed by atoms with Crippen LogP contribution in [0.15, 0.2) is 217 Å². The zero-order valence-electron chi connectivity index (χ0n) is 31.5. The van der Waals surface area contributed by atoms with E-state index >= 15 is 0 Å². The van der Waals surface area contributed by atoms with Crippen molar-refractivity contribution >= 4 is 70.5 Å². The predicted molar refractivity (Wildman–Crippen MR) is 244 cm³/mol. The molecule has 0 amide bonds. The molecular formula is C55H35NOS. The summed E-state index contributed by atoms with van der Waals surface area (Å²) in [5, 5.41) is 4.84. The van der Waals surface area contributed by atoms with Crippen LogP contribution < -0.4 is 4.90 Å². The Morgan fingerprint density at radius 2 is 0.948 bits per heavy atom. The summed E-state index contributed by atoms with van der Waals surface area (Å²) in [7, 11) is 0. The minimum absolute atomic E-state index is 0.456. The maximum Gasteiger partial charge on any atom is 0.143 e. The molecule has 11 aromatic rings. The molecule has 1 aliphatic rings. The molecule has 2 nitrogen and oxygen atoms in total. The van der Waals surface area contributed by atoms with Gasteiger partial charge in [-0.3, -0.25) is 0 Å². The Bertz CT molecular complexity index is 3290. The molecule has 0 saturated carbocycles. The van der Waals surface area contributed by atoms with Crippen LogP contribution in [-0.2, 0) is 5.41 Å². The predicted octanol–water partition coefficient (Wildman–Crippen LogP) is 15.5. The van der Waals surface area contributed by atoms with Gasteiger partial charge in [-0.25, -0.2) is 0 Å². The van der Waals surface area contributed by atoms with Crippen molar-refractivity contribution in [2.75, 3.05) is 4.90 Å². The number of thiophene rings is 1. The number of para-hydroxylation sites is 2. The molecule has 0 radical (unpaired) electrons. The molecular weight excluding hydrogens is 723 g/mol. The quantitative estimate of drug-likeness (QED) is 0.168. The molecule has 58 heavy (non-hydrogen) atoms. The van der Waals surface area contributed by atoms with Gasteiger partial charge in [-0.2, -0.15) is 0 Å². The molecule has 3 heteroatoms. The highest BCUT2D eigenvalue weighted by molar-refractivity contribution is 7.26. The fraction of sp³-hybridized carbons (Fsp3) is 0.0182. The SMILES string of the molecule is c1ccc(C2(c3ccc(N(c4ccc(-c5cccc6c5oc5ccccc56)cc4)c4cccc5c4sc4ccccc45)cc3)c3ccccc3-c3ccccc32)cc1. The summed E-state index contributed by atoms with van der Waals surface area (Å²) in [6, 6.07) is 77.4. The van der Waals surface area contributed by atoms with Gasteiger partial charge in [0.1, 0.15) is 11.2 Å². The van der Waals surface area contributed by atoms with Gasteiger partial charge in [-0.05, 0) is 81.4 Å². The number of hydrogen-bond donors (Lipinski definition) is 0. The van der Waals surface area contributed by atoms with Crippen LogP contribution in [0.4, 0.5) is 17.1 Å². The van der Waals surface area contributed by atoms with Gasteiger partial charge in [0.2, 0.25) is 0 Å². The second kappa shape index (κ2) is 12.9. The lowest BCUT2D eigenvalue weighted by molar-refractivity contribution is 0.670. The maximum atomic E-state index is 6.46. The van der Waals surface area contributed by atoms with Crippen LogP contribution in [0.5, 0.6) is 0 Å². The Labute approximate surface area is 340 Å². The third-order valence-electron chi connectivity index (χ3n) is 12.2. The van der Waals surface area contributed by atoms with Crippen molar-refractivity contribution in [3.05, 3.63) is 235 Å². The van der Waals surface area contributed by atoms with Crippen molar-refractivity contribution in [3.63, 3.8) is 0 Å². The Morgan fingerprint density at radius 1 is 0.397 bits per heavy atom. The van der Waals surface area contributed by atoms with E-state index in [1.165, 1.54) is 53.6 Å². The van der Waals surface area contributed by atoms with E-state index in [2.05, 4.69) is 205 Å². The molecule has 0 aliphatic heterocycles. The monoisotopic (exact) mass is 757 g/mol. The van der Waals surface area contributed by atoms with Crippen LogP contribution in [0, 0.1) is 0 Å². The van der Waals surface area contributed by atoms with E-state index in [4.69, 9.17) is 4.42 Å². The number of anilines is 3. The molecule has 0 atom stereocenters. The Balaban J connectivity index is 1.04. The van der Waals surface area contributed by atoms with Crippen LogP contribution in [0.3, 0.4) is 0 Å². The van der Waals surface area contributed by atoms with E-state index in [1.54, 1.807) is 0 Å². The van der Waals surface area contributed by atoms with Crippen molar-refractivity contribution < 1.29 is 4.42 Å². The molecule has 0 spiro atoms. The normalized spacial score (nSPS) is 13.0. The summed E-state index contributed by atoms with van der Waals surface area (Å²) in [5.74, 6) is 0. The first-order valence-electron chi connectivity index (χ1n) is 19.8. The minimum atomic E-state index is -0.456. The van der Waals surface area contributed by atoms with E-state index in [-0.39, 0.29) is 0 Å². The standard InChI is InChI=1S/C55H35NOS/c1-2-14-37(15-3-1)55(48-23-8-4-16-42(48)43-17-5-9-24-49(43)55)38-30-34-40(35-31-38)56(50-25-13-22-47-45-19-7-11-27-52(45)58-54(47)50)39-32-28-36(29-33-39)41-20-12-21-46-44-18-6-10-26-51(44)57-53(41)46/h1-35H. The molecule has 0 saturated heterocycles. The summed E-state index contributed by atoms with van der Waals surface area (Å²) in [6.45, 7) is 0. The second-order valence-electron chi connectivity index (χ2n) is 15.2. The van der Waals surface area contributed by atoms with Crippen molar-refractivity contribution in [2.24, 2.45) is 0 Å². The van der Waals surface area contributed by atoms with Gasteiger partial charge in [0.25, 0.3) is 0 Å². The number of furan rings is 1. The van der Waals surface area contributed by atoms with Crippen molar-refractivity contribution in [3.8, 4) is 22.3 Å². The van der Waals surface area contributed by atoms with Gasteiger partial charge in [-0.15, -0.1) is 11.3 Å². The summed E-state index contributed by atoms with van der Waals surface area (Å²) in [6.07, 6.45) is 0. The van der Waals surface area contributed by atoms with Crippen molar-refractivity contribution in [1.29, 1.82) is 0 Å². The summed E-state index contributed by atoms with van der Waals surface area (Å²) < 4.78 is 9.02. The third kappa shape index (κ3) is 4.78. The van der Waals surface area contributed by atoms with Crippen molar-refractivity contribution in [1.82, 2.24) is 0 Å². The van der Waals surface area contributed by atoms with Gasteiger partial charge in [-0.1, -0.05) is 170 Å². The average molecular weight is 758 g/mol. The van der Waals surface area contributed by atoms with E-state index in [0.717, 1.165) is 50.1 Å². The van der Waals surface area contributed by atoms with Crippen LogP contribution in [-0.4, -0.2) is 0 Å². The number of benzene rings is 9. The number of hydrogen-bond acceptors (Lipinski definition) is 3. The average Bonchev–Trinajstić information content (AvgIpc) is 3.97. The van der Waals surface area contributed by atoms with E-state index in [0.29, 0.717) is 0 Å². The van der Waals surface area contributed by atoms with Gasteiger partial charge in [0.15, 0.2) is 0 Å². The summed E-state index contributed by atoms with van der Waals surface area (Å²) in [5.41, 5.74) is 14.7. The highest BCUT2D eigenvalue weighted by atomic mass is 32.1. The molecule has 0 bridgehead atoms. The maximum absolute atomic E-state index is 6.46. The zero-order chi connectivity index (χ0) is 38.2. The molecule has 1 aliphatic carbocycles. The van der Waals surface area contributed by atoms with E-state index in [1.807, 2.05) is 23.5 Å². The lowest BCUT2D eigenvalue weighted by Crippen LogP contribution is -2.28. The van der Waals surface area contributed by atoms with Gasteiger partial charge < -0.3 is 9.32 Å². The van der Waals surface area contributed by atoms with Gasteiger partial charge >= 0.3 is 0 Å². The fourth-order valence-corrected chi connectivity index (χ4v) is 10.9. The van der Waals surface area contributed by atoms with Crippen LogP contribution in [0.1, 0.15) is 22.3 Å². The lowest BCUT2D eigenvalue weighted by Gasteiger charge is -2.34. The molecule has 0 N–H and O–H groups in total. The highest BCUT2D eigenvalue weighted by Gasteiger charge is 2.45. The number of nitrogens with zero attached hydrogens (tertiary/aromatic N) is 1. The molecule has 9 aromatic carbocycles. The Kier molecular flexibility index (Phi) is 7.35. The van der Waals surface area contributed by atoms with Crippen molar-refractivity contribution in [2.45, 2.75) is 5.41 Å². The zero-order valence-corrected chi connectivity index (χ0v) is 32.3. The Morgan fingerprint density at radius 3 is 1.71 bits per heavy atom. The summed E-state index contributed by atoms with van der Waals surface area (Å²) in [4.78, 5) is 2.43. The second-order valence-corrected chi connectivity index (χ2v) is 16.2. The fourth-order valence-electron chi connectivity index (χ4n) is 9.67. The number of fused-ring (bicyclic) bond motifs is 9. The van der Waals surface area contributed by atoms with E-state index in [9.17, 15) is 0 Å². The number of rotatable bonds is 6. The van der Waals surface area contributed by atoms with E-state index < -0.39 is 5.41 Å². The van der Waals surface area contributed by atoms with Crippen LogP contribution >= 0.6 is 11.3 Å². The molecule has 0 fully saturated rings. The first kappa shape index (κ1) is 33.0. The van der Waals surface area contributed by atoms with Crippen LogP contribution in [0.2, 0.25) is 0 Å². The summed E-state index contributed by atoms with van der Waals surface area (Å²) >= 11 is 1.86. The van der Waals surface area contributed by atoms with Gasteiger partial charge in [0, 0.05) is 43.2 Å². The molecule has 0 unspecified atom stereocenters. The third-order valence-corrected chi connectivity index (χ3v) is 13.4. The molecule has 2 aromatic heterocycles. The molecule has 12 rings (SSSR count). The minimum Gasteiger partial charge on any atom is -0.455 e. The van der Waals surface area contributed by atoms with Crippen LogP contribution in [0.25, 0.3) is 64.4 Å². The first-order valence-corrected chi connectivity index (χ1v) is 20.7. The topological polar surface area (TPSA) is 16.4 Å². The Hall–Kier alpha value is -7.20. The largest absolute Gasteiger partial charge is 0.455 e. The molecule has 2 heterocycles. The smallest absolute Gasteiger partial charge is 0.143 e. The highest BCUT2D eigenvalue weighted by Crippen LogP contribution is 2.56. The van der Waals surface area contributed by atoms with Gasteiger partial charge in [0.05, 0.1) is 15.8 Å².